The molecule has 1 amide bonds. The Morgan fingerprint density at radius 2 is 1.30 bits per heavy atom. The van der Waals surface area contributed by atoms with Crippen molar-refractivity contribution in [2.24, 2.45) is 0 Å². The Kier molecular flexibility index (Phi) is 6.82. The predicted octanol–water partition coefficient (Wildman–Crippen LogP) is 5.35. The van der Waals surface area contributed by atoms with Crippen LogP contribution in [0.4, 0.5) is 0 Å². The van der Waals surface area contributed by atoms with Crippen LogP contribution in [-0.4, -0.2) is 20.1 Å². The quantitative estimate of drug-likeness (QED) is 0.504. The van der Waals surface area contributed by atoms with Gasteiger partial charge in [0, 0.05) is 16.1 Å². The highest BCUT2D eigenvalue weighted by Crippen LogP contribution is 2.39. The Balaban J connectivity index is 1.91. The first-order chi connectivity index (χ1) is 9.66. The number of amides is 1. The van der Waals surface area contributed by atoms with E-state index in [0.29, 0.717) is 16.1 Å². The molecule has 114 valence electrons. The molecule has 0 saturated heterocycles. The van der Waals surface area contributed by atoms with Gasteiger partial charge in [-0.2, -0.15) is 0 Å². The summed E-state index contributed by atoms with van der Waals surface area (Å²) >= 11 is 3.56. The van der Waals surface area contributed by atoms with Gasteiger partial charge in [-0.1, -0.05) is 45.1 Å². The highest BCUT2D eigenvalue weighted by molar-refractivity contribution is 8.13. The Morgan fingerprint density at radius 3 is 1.65 bits per heavy atom. The first-order valence-corrected chi connectivity index (χ1v) is 9.67. The average molecular weight is 314 g/mol. The van der Waals surface area contributed by atoms with Crippen LogP contribution in [-0.2, 0) is 4.79 Å². The summed E-state index contributed by atoms with van der Waals surface area (Å²) in [6.45, 7) is 5.68. The fraction of sp³-hybridized carbons (Fsp3) is 0.812. The van der Waals surface area contributed by atoms with Crippen molar-refractivity contribution in [2.75, 3.05) is 0 Å². The maximum atomic E-state index is 12.4. The zero-order valence-electron chi connectivity index (χ0n) is 12.6. The van der Waals surface area contributed by atoms with Gasteiger partial charge in [0.05, 0.1) is 0 Å². The van der Waals surface area contributed by atoms with Crippen LogP contribution in [0.15, 0.2) is 12.2 Å². The average Bonchev–Trinajstić information content (AvgIpc) is 2.48. The van der Waals surface area contributed by atoms with Crippen molar-refractivity contribution < 1.29 is 4.79 Å². The second kappa shape index (κ2) is 8.38. The first kappa shape index (κ1) is 16.3. The summed E-state index contributed by atoms with van der Waals surface area (Å²) in [5, 5.41) is 1.26. The van der Waals surface area contributed by atoms with E-state index in [4.69, 9.17) is 0 Å². The van der Waals surface area contributed by atoms with Gasteiger partial charge in [-0.3, -0.25) is 4.79 Å². The van der Waals surface area contributed by atoms with Crippen LogP contribution in [0.5, 0.6) is 0 Å². The van der Waals surface area contributed by atoms with E-state index in [1.54, 1.807) is 23.9 Å². The molecule has 0 bridgehead atoms. The number of hydrogen-bond acceptors (Lipinski definition) is 3. The van der Waals surface area contributed by atoms with Crippen molar-refractivity contribution in [1.29, 1.82) is 0 Å². The SMILES string of the molecule is C=C(C)C(=O)N(SC1CCCCC1)SC1CCCCC1. The molecule has 0 spiro atoms. The van der Waals surface area contributed by atoms with Crippen molar-refractivity contribution in [3.05, 3.63) is 12.2 Å². The Morgan fingerprint density at radius 1 is 0.900 bits per heavy atom. The normalized spacial score (nSPS) is 21.6. The summed E-state index contributed by atoms with van der Waals surface area (Å²) < 4.78 is 1.97. The van der Waals surface area contributed by atoms with Crippen LogP contribution in [0.25, 0.3) is 0 Å². The predicted molar refractivity (Wildman–Crippen MR) is 90.6 cm³/mol. The maximum absolute atomic E-state index is 12.4. The highest BCUT2D eigenvalue weighted by atomic mass is 32.2. The largest absolute Gasteiger partial charge is 0.269 e. The van der Waals surface area contributed by atoms with E-state index in [9.17, 15) is 4.79 Å². The Bertz CT molecular complexity index is 313. The number of nitrogens with zero attached hydrogens (tertiary/aromatic N) is 1. The van der Waals surface area contributed by atoms with Gasteiger partial charge in [-0.15, -0.1) is 0 Å². The van der Waals surface area contributed by atoms with Crippen LogP contribution in [0, 0.1) is 0 Å². The molecule has 0 aromatic heterocycles. The molecule has 0 unspecified atom stereocenters. The summed E-state index contributed by atoms with van der Waals surface area (Å²) in [6.07, 6.45) is 13.0. The van der Waals surface area contributed by atoms with E-state index in [-0.39, 0.29) is 5.91 Å². The third kappa shape index (κ3) is 5.03. The lowest BCUT2D eigenvalue weighted by Gasteiger charge is -2.31. The van der Waals surface area contributed by atoms with E-state index in [2.05, 4.69) is 6.58 Å². The zero-order chi connectivity index (χ0) is 14.4. The van der Waals surface area contributed by atoms with Gasteiger partial charge in [0.25, 0.3) is 5.91 Å². The first-order valence-electron chi connectivity index (χ1n) is 8.00. The topological polar surface area (TPSA) is 20.3 Å². The van der Waals surface area contributed by atoms with Crippen LogP contribution in [0.2, 0.25) is 0 Å². The maximum Gasteiger partial charge on any atom is 0.269 e. The summed E-state index contributed by atoms with van der Waals surface area (Å²) in [7, 11) is 0. The fourth-order valence-electron chi connectivity index (χ4n) is 2.89. The molecule has 0 aliphatic heterocycles. The van der Waals surface area contributed by atoms with Crippen molar-refractivity contribution in [1.82, 2.24) is 3.71 Å². The molecule has 2 aliphatic carbocycles. The molecule has 2 aliphatic rings. The van der Waals surface area contributed by atoms with Gasteiger partial charge in [-0.25, -0.2) is 3.71 Å². The van der Waals surface area contributed by atoms with Crippen LogP contribution in [0.1, 0.15) is 71.1 Å². The lowest BCUT2D eigenvalue weighted by atomic mass is 10.0. The molecule has 2 rings (SSSR count). The third-order valence-corrected chi connectivity index (χ3v) is 6.90. The van der Waals surface area contributed by atoms with Gasteiger partial charge >= 0.3 is 0 Å². The summed E-state index contributed by atoms with van der Waals surface area (Å²) in [4.78, 5) is 12.4. The summed E-state index contributed by atoms with van der Waals surface area (Å²) in [6, 6.07) is 0. The molecule has 0 aromatic carbocycles. The van der Waals surface area contributed by atoms with E-state index >= 15 is 0 Å². The van der Waals surface area contributed by atoms with E-state index in [1.807, 2.05) is 10.6 Å². The fourth-order valence-corrected chi connectivity index (χ4v) is 5.95. The standard InChI is InChI=1S/C16H27NOS2/c1-13(2)16(18)17(19-14-9-5-3-6-10-14)20-15-11-7-4-8-12-15/h14-15H,1,3-12H2,2H3. The number of carbonyl (C=O) groups is 1. The monoisotopic (exact) mass is 313 g/mol. The Labute approximate surface area is 132 Å². The lowest BCUT2D eigenvalue weighted by molar-refractivity contribution is -0.119. The molecule has 0 atom stereocenters. The van der Waals surface area contributed by atoms with Crippen LogP contribution < -0.4 is 0 Å². The van der Waals surface area contributed by atoms with Gasteiger partial charge in [0.1, 0.15) is 0 Å². The molecule has 2 saturated carbocycles. The van der Waals surface area contributed by atoms with Crippen molar-refractivity contribution >= 4 is 29.8 Å². The molecule has 0 radical (unpaired) electrons. The van der Waals surface area contributed by atoms with E-state index < -0.39 is 0 Å². The minimum atomic E-state index is 0.121. The van der Waals surface area contributed by atoms with E-state index in [0.717, 1.165) is 0 Å². The molecule has 20 heavy (non-hydrogen) atoms. The number of hydrogen-bond donors (Lipinski definition) is 0. The molecular weight excluding hydrogens is 286 g/mol. The number of rotatable bonds is 5. The lowest BCUT2D eigenvalue weighted by Crippen LogP contribution is -2.26. The molecule has 4 heteroatoms. The second-order valence-corrected chi connectivity index (χ2v) is 8.79. The molecule has 2 fully saturated rings. The summed E-state index contributed by atoms with van der Waals surface area (Å²) in [5.74, 6) is 0.121. The summed E-state index contributed by atoms with van der Waals surface area (Å²) in [5.41, 5.74) is 0.664. The van der Waals surface area contributed by atoms with Gasteiger partial charge in [0.2, 0.25) is 0 Å². The van der Waals surface area contributed by atoms with E-state index in [1.165, 1.54) is 64.2 Å². The van der Waals surface area contributed by atoms with Gasteiger partial charge in [-0.05, 0) is 56.5 Å². The minimum Gasteiger partial charge on any atom is -0.268 e. The third-order valence-electron chi connectivity index (χ3n) is 4.12. The van der Waals surface area contributed by atoms with Gasteiger partial charge in [0.15, 0.2) is 0 Å². The van der Waals surface area contributed by atoms with Crippen LogP contribution in [0.3, 0.4) is 0 Å². The number of carbonyl (C=O) groups excluding carboxylic acids is 1. The highest BCUT2D eigenvalue weighted by Gasteiger charge is 2.26. The van der Waals surface area contributed by atoms with Crippen molar-refractivity contribution in [2.45, 2.75) is 81.6 Å². The Hall–Kier alpha value is -0.0900. The zero-order valence-corrected chi connectivity index (χ0v) is 14.2. The molecule has 2 nitrogen and oxygen atoms in total. The minimum absolute atomic E-state index is 0.121. The molecule has 0 heterocycles. The smallest absolute Gasteiger partial charge is 0.268 e. The molecule has 0 aromatic rings. The van der Waals surface area contributed by atoms with Crippen molar-refractivity contribution in [3.63, 3.8) is 0 Å². The molecule has 0 N–H and O–H groups in total. The van der Waals surface area contributed by atoms with Gasteiger partial charge < -0.3 is 0 Å². The molecular formula is C16H27NOS2. The van der Waals surface area contributed by atoms with Crippen molar-refractivity contribution in [3.8, 4) is 0 Å². The van der Waals surface area contributed by atoms with Crippen LogP contribution >= 0.6 is 23.9 Å². The second-order valence-electron chi connectivity index (χ2n) is 6.07.